The van der Waals surface area contributed by atoms with E-state index in [1.165, 1.54) is 38.8 Å². The lowest BCUT2D eigenvalue weighted by Gasteiger charge is -2.30. The zero-order valence-corrected chi connectivity index (χ0v) is 14.4. The number of unbranched alkanes of at least 4 members (excludes halogenated alkanes) is 1. The topological polar surface area (TPSA) is 39.7 Å². The van der Waals surface area contributed by atoms with Crippen molar-refractivity contribution < 1.29 is 0 Å². The molecule has 1 atom stereocenters. The highest BCUT2D eigenvalue weighted by atomic mass is 127. The molecule has 1 fully saturated rings. The Morgan fingerprint density at radius 1 is 1.39 bits per heavy atom. The first kappa shape index (κ1) is 18.0. The highest BCUT2D eigenvalue weighted by Gasteiger charge is 2.16. The van der Waals surface area contributed by atoms with Crippen molar-refractivity contribution in [3.63, 3.8) is 0 Å². The van der Waals surface area contributed by atoms with E-state index in [0.29, 0.717) is 0 Å². The van der Waals surface area contributed by atoms with Crippen molar-refractivity contribution in [1.29, 1.82) is 0 Å². The molecule has 108 valence electrons. The Balaban J connectivity index is 0.00000289. The molecule has 0 aromatic heterocycles. The highest BCUT2D eigenvalue weighted by molar-refractivity contribution is 14.0. The molecule has 4 nitrogen and oxygen atoms in total. The highest BCUT2D eigenvalue weighted by Crippen LogP contribution is 2.13. The van der Waals surface area contributed by atoms with Crippen molar-refractivity contribution in [1.82, 2.24) is 15.5 Å². The van der Waals surface area contributed by atoms with E-state index < -0.39 is 0 Å². The molecule has 1 aliphatic heterocycles. The number of hydrogen-bond acceptors (Lipinski definition) is 2. The molecular weight excluding hydrogens is 339 g/mol. The molecule has 0 aliphatic carbocycles. The maximum atomic E-state index is 4.24. The van der Waals surface area contributed by atoms with Crippen molar-refractivity contribution in [2.45, 2.75) is 32.6 Å². The van der Waals surface area contributed by atoms with Crippen LogP contribution in [-0.2, 0) is 0 Å². The van der Waals surface area contributed by atoms with Gasteiger partial charge in [0.15, 0.2) is 5.96 Å². The van der Waals surface area contributed by atoms with Crippen molar-refractivity contribution >= 4 is 29.9 Å². The molecule has 2 N–H and O–H groups in total. The number of hydrogen-bond donors (Lipinski definition) is 2. The maximum Gasteiger partial charge on any atom is 0.190 e. The van der Waals surface area contributed by atoms with Gasteiger partial charge >= 0.3 is 0 Å². The van der Waals surface area contributed by atoms with E-state index in [1.807, 2.05) is 7.05 Å². The number of rotatable bonds is 5. The normalized spacial score (nSPS) is 21.3. The minimum Gasteiger partial charge on any atom is -0.356 e. The zero-order chi connectivity index (χ0) is 12.5. The molecule has 0 amide bonds. The first-order chi connectivity index (χ1) is 8.26. The van der Waals surface area contributed by atoms with Crippen LogP contribution >= 0.6 is 24.0 Å². The first-order valence-corrected chi connectivity index (χ1v) is 6.89. The van der Waals surface area contributed by atoms with E-state index in [0.717, 1.165) is 25.0 Å². The van der Waals surface area contributed by atoms with Crippen LogP contribution in [0.2, 0.25) is 0 Å². The summed E-state index contributed by atoms with van der Waals surface area (Å²) in [6.07, 6.45) is 5.08. The van der Waals surface area contributed by atoms with Gasteiger partial charge in [0.05, 0.1) is 0 Å². The van der Waals surface area contributed by atoms with Gasteiger partial charge in [-0.3, -0.25) is 4.99 Å². The lowest BCUT2D eigenvalue weighted by atomic mass is 9.99. The number of nitrogens with zero attached hydrogens (tertiary/aromatic N) is 2. The van der Waals surface area contributed by atoms with Gasteiger partial charge in [-0.1, -0.05) is 13.3 Å². The largest absolute Gasteiger partial charge is 0.356 e. The minimum absolute atomic E-state index is 0. The fourth-order valence-electron chi connectivity index (χ4n) is 2.29. The smallest absolute Gasteiger partial charge is 0.190 e. The van der Waals surface area contributed by atoms with Crippen LogP contribution in [0, 0.1) is 5.92 Å². The van der Waals surface area contributed by atoms with Crippen LogP contribution in [0.4, 0.5) is 0 Å². The molecular formula is C13H29IN4. The second-order valence-electron chi connectivity index (χ2n) is 5.00. The quantitative estimate of drug-likeness (QED) is 0.337. The van der Waals surface area contributed by atoms with Gasteiger partial charge in [-0.25, -0.2) is 0 Å². The van der Waals surface area contributed by atoms with Gasteiger partial charge in [0.2, 0.25) is 0 Å². The molecule has 1 saturated heterocycles. The van der Waals surface area contributed by atoms with Gasteiger partial charge in [-0.15, -0.1) is 24.0 Å². The van der Waals surface area contributed by atoms with Crippen LogP contribution in [0.15, 0.2) is 4.99 Å². The fourth-order valence-corrected chi connectivity index (χ4v) is 2.29. The van der Waals surface area contributed by atoms with Gasteiger partial charge in [0.25, 0.3) is 0 Å². The third-order valence-corrected chi connectivity index (χ3v) is 3.33. The summed E-state index contributed by atoms with van der Waals surface area (Å²) in [4.78, 5) is 6.66. The molecule has 0 radical (unpaired) electrons. The lowest BCUT2D eigenvalue weighted by Crippen LogP contribution is -2.43. The molecule has 1 heterocycles. The Morgan fingerprint density at radius 2 is 2.17 bits per heavy atom. The summed E-state index contributed by atoms with van der Waals surface area (Å²) < 4.78 is 0. The molecule has 1 aliphatic rings. The number of halogens is 1. The van der Waals surface area contributed by atoms with Crippen molar-refractivity contribution in [3.05, 3.63) is 0 Å². The maximum absolute atomic E-state index is 4.24. The predicted octanol–water partition coefficient (Wildman–Crippen LogP) is 1.91. The van der Waals surface area contributed by atoms with Crippen LogP contribution in [-0.4, -0.2) is 51.1 Å². The number of guanidine groups is 1. The summed E-state index contributed by atoms with van der Waals surface area (Å²) >= 11 is 0. The Hall–Kier alpha value is -0.0400. The molecule has 18 heavy (non-hydrogen) atoms. The van der Waals surface area contributed by atoms with Crippen molar-refractivity contribution in [2.75, 3.05) is 40.3 Å². The third kappa shape index (κ3) is 7.41. The van der Waals surface area contributed by atoms with E-state index in [1.54, 1.807) is 0 Å². The molecule has 1 rings (SSSR count). The van der Waals surface area contributed by atoms with Crippen LogP contribution in [0.1, 0.15) is 32.6 Å². The number of nitrogens with one attached hydrogen (secondary N) is 2. The fraction of sp³-hybridized carbons (Fsp3) is 0.923. The minimum atomic E-state index is 0. The molecule has 1 unspecified atom stereocenters. The average molecular weight is 368 g/mol. The van der Waals surface area contributed by atoms with Crippen LogP contribution in [0.25, 0.3) is 0 Å². The van der Waals surface area contributed by atoms with E-state index in [4.69, 9.17) is 0 Å². The van der Waals surface area contributed by atoms with E-state index in [2.05, 4.69) is 34.5 Å². The molecule has 0 aromatic carbocycles. The van der Waals surface area contributed by atoms with Gasteiger partial charge in [0, 0.05) is 26.7 Å². The second kappa shape index (κ2) is 10.8. The summed E-state index contributed by atoms with van der Waals surface area (Å²) in [5, 5.41) is 6.78. The summed E-state index contributed by atoms with van der Waals surface area (Å²) in [7, 11) is 4.05. The third-order valence-electron chi connectivity index (χ3n) is 3.33. The van der Waals surface area contributed by atoms with Crippen LogP contribution < -0.4 is 10.6 Å². The summed E-state index contributed by atoms with van der Waals surface area (Å²) in [6.45, 7) is 6.71. The monoisotopic (exact) mass is 368 g/mol. The number of likely N-dealkylation sites (tertiary alicyclic amines) is 1. The van der Waals surface area contributed by atoms with Gasteiger partial charge in [0.1, 0.15) is 0 Å². The molecule has 0 spiro atoms. The van der Waals surface area contributed by atoms with Crippen LogP contribution in [0.3, 0.4) is 0 Å². The molecule has 0 bridgehead atoms. The molecule has 0 saturated carbocycles. The standard InChI is InChI=1S/C13H28N4.HI/c1-4-5-8-15-13(14-2)16-10-12-7-6-9-17(3)11-12;/h12H,4-11H2,1-3H3,(H2,14,15,16);1H. The van der Waals surface area contributed by atoms with E-state index >= 15 is 0 Å². The van der Waals surface area contributed by atoms with Gasteiger partial charge < -0.3 is 15.5 Å². The Bertz CT molecular complexity index is 233. The SMILES string of the molecule is CCCCNC(=NC)NCC1CCCN(C)C1.I. The summed E-state index contributed by atoms with van der Waals surface area (Å²) in [5.74, 6) is 1.71. The Labute approximate surface area is 129 Å². The summed E-state index contributed by atoms with van der Waals surface area (Å²) in [5.41, 5.74) is 0. The summed E-state index contributed by atoms with van der Waals surface area (Å²) in [6, 6.07) is 0. The van der Waals surface area contributed by atoms with Gasteiger partial charge in [-0.2, -0.15) is 0 Å². The zero-order valence-electron chi connectivity index (χ0n) is 12.0. The number of piperidine rings is 1. The Morgan fingerprint density at radius 3 is 2.78 bits per heavy atom. The second-order valence-corrected chi connectivity index (χ2v) is 5.00. The van der Waals surface area contributed by atoms with Gasteiger partial charge in [-0.05, 0) is 38.8 Å². The first-order valence-electron chi connectivity index (χ1n) is 6.89. The molecule has 0 aromatic rings. The predicted molar refractivity (Wildman–Crippen MR) is 89.9 cm³/mol. The molecule has 5 heteroatoms. The lowest BCUT2D eigenvalue weighted by molar-refractivity contribution is 0.210. The van der Waals surface area contributed by atoms with Crippen molar-refractivity contribution in [3.8, 4) is 0 Å². The number of aliphatic imine (C=N–C) groups is 1. The van der Waals surface area contributed by atoms with Crippen molar-refractivity contribution in [2.24, 2.45) is 10.9 Å². The van der Waals surface area contributed by atoms with E-state index in [9.17, 15) is 0 Å². The average Bonchev–Trinajstić information content (AvgIpc) is 2.34. The van der Waals surface area contributed by atoms with E-state index in [-0.39, 0.29) is 24.0 Å². The van der Waals surface area contributed by atoms with Crippen LogP contribution in [0.5, 0.6) is 0 Å². The Kier molecular flexibility index (Phi) is 10.8.